The number of carbonyl (C=O) groups excluding carboxylic acids is 2. The van der Waals surface area contributed by atoms with Crippen molar-refractivity contribution in [3.8, 4) is 11.5 Å². The molecule has 0 unspecified atom stereocenters. The highest BCUT2D eigenvalue weighted by atomic mass is 16.7. The number of rotatable bonds is 6. The van der Waals surface area contributed by atoms with Gasteiger partial charge in [0.1, 0.15) is 5.71 Å². The van der Waals surface area contributed by atoms with E-state index in [0.717, 1.165) is 40.9 Å². The minimum absolute atomic E-state index is 0.107. The molecule has 5 rings (SSSR count). The molecule has 0 saturated carbocycles. The summed E-state index contributed by atoms with van der Waals surface area (Å²) < 4.78 is 11.0. The molecule has 0 fully saturated rings. The van der Waals surface area contributed by atoms with E-state index >= 15 is 0 Å². The Hall–Kier alpha value is -3.85. The maximum Gasteiger partial charge on any atom is 0.265 e. The number of hydrazone groups is 1. The summed E-state index contributed by atoms with van der Waals surface area (Å²) in [5.41, 5.74) is 11.5. The van der Waals surface area contributed by atoms with Gasteiger partial charge in [0.2, 0.25) is 12.7 Å². The molecule has 3 aliphatic rings. The summed E-state index contributed by atoms with van der Waals surface area (Å²) in [5, 5.41) is 12.5. The summed E-state index contributed by atoms with van der Waals surface area (Å²) >= 11 is 0. The highest BCUT2D eigenvalue weighted by Gasteiger charge is 2.31. The van der Waals surface area contributed by atoms with Crippen LogP contribution in [0.1, 0.15) is 37.8 Å². The molecule has 0 aromatic heterocycles. The van der Waals surface area contributed by atoms with Crippen molar-refractivity contribution in [3.05, 3.63) is 53.1 Å². The minimum atomic E-state index is -0.540. The van der Waals surface area contributed by atoms with Crippen LogP contribution in [0, 0.1) is 0 Å². The van der Waals surface area contributed by atoms with Gasteiger partial charge in [-0.3, -0.25) is 9.59 Å². The molecule has 2 aliphatic heterocycles. The van der Waals surface area contributed by atoms with Gasteiger partial charge in [-0.2, -0.15) is 5.10 Å². The molecule has 0 bridgehead atoms. The SMILES string of the molecule is CC(C)NCC(=O)Nc1ccc2c(c1)C1=C(CC2)CC(C(N)=O)=NN1c1ccc2c(c1)OCO2. The van der Waals surface area contributed by atoms with Gasteiger partial charge in [-0.1, -0.05) is 19.9 Å². The molecule has 2 amide bonds. The monoisotopic (exact) mass is 461 g/mol. The number of anilines is 2. The largest absolute Gasteiger partial charge is 0.454 e. The lowest BCUT2D eigenvalue weighted by atomic mass is 9.85. The molecule has 176 valence electrons. The Balaban J connectivity index is 1.53. The van der Waals surface area contributed by atoms with E-state index in [1.54, 1.807) is 5.01 Å². The zero-order valence-electron chi connectivity index (χ0n) is 19.2. The summed E-state index contributed by atoms with van der Waals surface area (Å²) in [7, 11) is 0. The molecular formula is C25H27N5O4. The average Bonchev–Trinajstić information content (AvgIpc) is 3.29. The van der Waals surface area contributed by atoms with E-state index in [2.05, 4.69) is 15.7 Å². The van der Waals surface area contributed by atoms with Gasteiger partial charge in [0, 0.05) is 29.8 Å². The van der Waals surface area contributed by atoms with Crippen molar-refractivity contribution in [2.75, 3.05) is 23.7 Å². The van der Waals surface area contributed by atoms with E-state index in [9.17, 15) is 9.59 Å². The fourth-order valence-electron chi connectivity index (χ4n) is 4.37. The van der Waals surface area contributed by atoms with Crippen LogP contribution in [-0.2, 0) is 16.0 Å². The molecule has 34 heavy (non-hydrogen) atoms. The number of ether oxygens (including phenoxy) is 2. The van der Waals surface area contributed by atoms with Gasteiger partial charge in [-0.15, -0.1) is 0 Å². The quantitative estimate of drug-likeness (QED) is 0.609. The summed E-state index contributed by atoms with van der Waals surface area (Å²) in [4.78, 5) is 24.5. The third kappa shape index (κ3) is 4.22. The lowest BCUT2D eigenvalue weighted by Gasteiger charge is -2.34. The number of aryl methyl sites for hydroxylation is 1. The Labute approximate surface area is 197 Å². The zero-order chi connectivity index (χ0) is 23.8. The molecule has 2 aromatic rings. The first-order chi connectivity index (χ1) is 16.4. The fourth-order valence-corrected chi connectivity index (χ4v) is 4.37. The number of hydrogen-bond donors (Lipinski definition) is 3. The predicted molar refractivity (Wildman–Crippen MR) is 130 cm³/mol. The number of nitrogens with zero attached hydrogens (tertiary/aromatic N) is 2. The van der Waals surface area contributed by atoms with Gasteiger partial charge in [-0.25, -0.2) is 5.01 Å². The second kappa shape index (κ2) is 8.83. The normalized spacial score (nSPS) is 16.2. The Bertz CT molecular complexity index is 1230. The van der Waals surface area contributed by atoms with E-state index in [-0.39, 0.29) is 25.3 Å². The number of allylic oxidation sites excluding steroid dienone is 1. The maximum atomic E-state index is 12.4. The predicted octanol–water partition coefficient (Wildman–Crippen LogP) is 2.76. The number of fused-ring (bicyclic) bond motifs is 3. The number of nitrogens with two attached hydrogens (primary N) is 1. The van der Waals surface area contributed by atoms with Crippen LogP contribution in [0.15, 0.2) is 47.1 Å². The molecule has 4 N–H and O–H groups in total. The second-order valence-electron chi connectivity index (χ2n) is 8.84. The first-order valence-corrected chi connectivity index (χ1v) is 11.3. The first kappa shape index (κ1) is 22.0. The average molecular weight is 462 g/mol. The fraction of sp³-hybridized carbons (Fsp3) is 0.320. The van der Waals surface area contributed by atoms with Gasteiger partial charge in [0.05, 0.1) is 17.9 Å². The molecule has 0 atom stereocenters. The third-order valence-electron chi connectivity index (χ3n) is 6.05. The van der Waals surface area contributed by atoms with Crippen LogP contribution in [0.3, 0.4) is 0 Å². The summed E-state index contributed by atoms with van der Waals surface area (Å²) in [6.45, 7) is 4.39. The second-order valence-corrected chi connectivity index (χ2v) is 8.84. The number of amides is 2. The van der Waals surface area contributed by atoms with Gasteiger partial charge in [0.15, 0.2) is 11.5 Å². The van der Waals surface area contributed by atoms with Gasteiger partial charge in [0.25, 0.3) is 5.91 Å². The number of benzene rings is 2. The van der Waals surface area contributed by atoms with Crippen LogP contribution in [0.25, 0.3) is 5.70 Å². The molecular weight excluding hydrogens is 434 g/mol. The van der Waals surface area contributed by atoms with E-state index in [4.69, 9.17) is 15.2 Å². The van der Waals surface area contributed by atoms with Crippen molar-refractivity contribution >= 4 is 34.6 Å². The van der Waals surface area contributed by atoms with Crippen molar-refractivity contribution in [2.24, 2.45) is 10.8 Å². The number of primary amides is 1. The smallest absolute Gasteiger partial charge is 0.265 e. The Morgan fingerprint density at radius 2 is 1.94 bits per heavy atom. The number of hydrogen-bond acceptors (Lipinski definition) is 7. The summed E-state index contributed by atoms with van der Waals surface area (Å²) in [5.74, 6) is 0.639. The topological polar surface area (TPSA) is 118 Å². The van der Waals surface area contributed by atoms with Crippen molar-refractivity contribution in [1.82, 2.24) is 5.32 Å². The van der Waals surface area contributed by atoms with Crippen LogP contribution in [0.4, 0.5) is 11.4 Å². The Morgan fingerprint density at radius 1 is 1.12 bits per heavy atom. The first-order valence-electron chi connectivity index (χ1n) is 11.3. The van der Waals surface area contributed by atoms with E-state index in [0.29, 0.717) is 29.3 Å². The standard InChI is InChI=1S/C25H27N5O4/c1-14(2)27-12-23(31)28-17-6-5-15-3-4-16-9-20(25(26)32)29-30(24(16)19(15)10-17)18-7-8-21-22(11-18)34-13-33-21/h5-8,10-11,14,27H,3-4,9,12-13H2,1-2H3,(H2,26,32)(H,28,31). The van der Waals surface area contributed by atoms with E-state index in [1.165, 1.54) is 0 Å². The van der Waals surface area contributed by atoms with Gasteiger partial charge < -0.3 is 25.8 Å². The molecule has 2 aromatic carbocycles. The van der Waals surface area contributed by atoms with Crippen LogP contribution in [0.2, 0.25) is 0 Å². The zero-order valence-corrected chi connectivity index (χ0v) is 19.2. The van der Waals surface area contributed by atoms with E-state index < -0.39 is 5.91 Å². The highest BCUT2D eigenvalue weighted by Crippen LogP contribution is 2.44. The van der Waals surface area contributed by atoms with Gasteiger partial charge in [-0.05, 0) is 48.2 Å². The Kier molecular flexibility index (Phi) is 5.70. The van der Waals surface area contributed by atoms with Crippen LogP contribution in [-0.4, -0.2) is 36.9 Å². The number of nitrogens with one attached hydrogen (secondary N) is 2. The maximum absolute atomic E-state index is 12.4. The summed E-state index contributed by atoms with van der Waals surface area (Å²) in [6.07, 6.45) is 2.03. The molecule has 9 nitrogen and oxygen atoms in total. The summed E-state index contributed by atoms with van der Waals surface area (Å²) in [6, 6.07) is 11.7. The lowest BCUT2D eigenvalue weighted by Crippen LogP contribution is -2.34. The Morgan fingerprint density at radius 3 is 2.74 bits per heavy atom. The van der Waals surface area contributed by atoms with Crippen LogP contribution >= 0.6 is 0 Å². The van der Waals surface area contributed by atoms with Crippen LogP contribution < -0.4 is 30.8 Å². The van der Waals surface area contributed by atoms with Crippen molar-refractivity contribution in [1.29, 1.82) is 0 Å². The molecule has 1 aliphatic carbocycles. The molecule has 0 saturated heterocycles. The molecule has 2 heterocycles. The molecule has 0 spiro atoms. The molecule has 0 radical (unpaired) electrons. The highest BCUT2D eigenvalue weighted by molar-refractivity contribution is 6.39. The third-order valence-corrected chi connectivity index (χ3v) is 6.05. The van der Waals surface area contributed by atoms with Gasteiger partial charge >= 0.3 is 0 Å². The number of carbonyl (C=O) groups is 2. The molecule has 9 heteroatoms. The lowest BCUT2D eigenvalue weighted by molar-refractivity contribution is -0.115. The van der Waals surface area contributed by atoms with Crippen molar-refractivity contribution < 1.29 is 19.1 Å². The minimum Gasteiger partial charge on any atom is -0.454 e. The van der Waals surface area contributed by atoms with Crippen LogP contribution in [0.5, 0.6) is 11.5 Å². The van der Waals surface area contributed by atoms with Crippen molar-refractivity contribution in [2.45, 2.75) is 39.2 Å². The van der Waals surface area contributed by atoms with E-state index in [1.807, 2.05) is 50.2 Å². The van der Waals surface area contributed by atoms with Crippen molar-refractivity contribution in [3.63, 3.8) is 0 Å².